The maximum atomic E-state index is 3.90. The van der Waals surface area contributed by atoms with Gasteiger partial charge in [-0.05, 0) is 127 Å². The number of benzene rings is 10. The number of anilines is 5. The lowest BCUT2D eigenvalue weighted by Gasteiger charge is -2.37. The quantitative estimate of drug-likeness (QED) is 0.163. The van der Waals surface area contributed by atoms with Gasteiger partial charge in [0.2, 0.25) is 0 Å². The Morgan fingerprint density at radius 2 is 0.867 bits per heavy atom. The van der Waals surface area contributed by atoms with E-state index in [4.69, 9.17) is 0 Å². The number of nitrogens with zero attached hydrogens (tertiary/aromatic N) is 1. The normalized spacial score (nSPS) is 11.8. The molecule has 0 spiro atoms. The minimum Gasteiger partial charge on any atom is -0.355 e. The minimum atomic E-state index is 1.04. The molecule has 0 saturated heterocycles. The van der Waals surface area contributed by atoms with Gasteiger partial charge in [-0.15, -0.1) is 0 Å². The largest absolute Gasteiger partial charge is 0.355 e. The molecule has 2 nitrogen and oxygen atoms in total. The summed E-state index contributed by atoms with van der Waals surface area (Å²) in [4.78, 5) is 2.52. The summed E-state index contributed by atoms with van der Waals surface area (Å²) in [5.74, 6) is 0. The summed E-state index contributed by atoms with van der Waals surface area (Å²) in [6, 6.07) is 79.4. The smallest absolute Gasteiger partial charge is 0.197 e. The third kappa shape index (κ3) is 6.51. The van der Waals surface area contributed by atoms with Crippen LogP contribution in [0.5, 0.6) is 0 Å². The Hall–Kier alpha value is -7.62. The van der Waals surface area contributed by atoms with Gasteiger partial charge in [-0.1, -0.05) is 175 Å². The van der Waals surface area contributed by atoms with Gasteiger partial charge >= 0.3 is 0 Å². The molecule has 11 rings (SSSR count). The molecule has 0 saturated carbocycles. The second-order valence-electron chi connectivity index (χ2n) is 15.7. The maximum Gasteiger partial charge on any atom is 0.197 e. The van der Waals surface area contributed by atoms with Crippen LogP contribution in [0.1, 0.15) is 5.56 Å². The van der Waals surface area contributed by atoms with Crippen molar-refractivity contribution in [2.24, 2.45) is 0 Å². The summed E-state index contributed by atoms with van der Waals surface area (Å²) in [6.45, 7) is 2.24. The number of rotatable bonds is 7. The highest BCUT2D eigenvalue weighted by Crippen LogP contribution is 2.45. The van der Waals surface area contributed by atoms with Crippen molar-refractivity contribution in [3.8, 4) is 44.5 Å². The zero-order valence-electron chi connectivity index (χ0n) is 33.3. The van der Waals surface area contributed by atoms with Gasteiger partial charge < -0.3 is 10.2 Å². The number of nitrogens with one attached hydrogen (secondary N) is 1. The summed E-state index contributed by atoms with van der Waals surface area (Å²) in [6.07, 6.45) is 0. The van der Waals surface area contributed by atoms with Crippen LogP contribution in [0.15, 0.2) is 218 Å². The zero-order chi connectivity index (χ0) is 40.0. The van der Waals surface area contributed by atoms with E-state index in [-0.39, 0.29) is 0 Å². The van der Waals surface area contributed by atoms with Crippen LogP contribution < -0.4 is 21.1 Å². The van der Waals surface area contributed by atoms with Crippen molar-refractivity contribution < 1.29 is 0 Å². The Kier molecular flexibility index (Phi) is 8.86. The topological polar surface area (TPSA) is 15.3 Å². The van der Waals surface area contributed by atoms with Gasteiger partial charge in [-0.25, -0.2) is 0 Å². The van der Waals surface area contributed by atoms with Gasteiger partial charge in [0.05, 0.1) is 0 Å². The molecule has 1 radical (unpaired) electrons. The number of hydrogen-bond donors (Lipinski definition) is 1. The Labute approximate surface area is 352 Å². The maximum absolute atomic E-state index is 3.90. The molecule has 3 heteroatoms. The molecule has 1 aliphatic heterocycles. The van der Waals surface area contributed by atoms with Crippen molar-refractivity contribution in [3.05, 3.63) is 224 Å². The molecule has 0 unspecified atom stereocenters. The summed E-state index contributed by atoms with van der Waals surface area (Å²) >= 11 is 0. The molecule has 1 heterocycles. The molecule has 10 aromatic carbocycles. The van der Waals surface area contributed by atoms with E-state index in [9.17, 15) is 0 Å². The van der Waals surface area contributed by atoms with Crippen LogP contribution in [0.2, 0.25) is 0 Å². The van der Waals surface area contributed by atoms with Crippen molar-refractivity contribution in [1.29, 1.82) is 0 Å². The second-order valence-corrected chi connectivity index (χ2v) is 15.7. The third-order valence-electron chi connectivity index (χ3n) is 11.9. The molecule has 10 aromatic rings. The Bertz CT molecular complexity index is 3190. The first kappa shape index (κ1) is 35.5. The van der Waals surface area contributed by atoms with Crippen LogP contribution >= 0.6 is 0 Å². The highest BCUT2D eigenvalue weighted by atomic mass is 15.2. The predicted molar refractivity (Wildman–Crippen MR) is 257 cm³/mol. The third-order valence-corrected chi connectivity index (χ3v) is 11.9. The molecule has 0 atom stereocenters. The molecule has 0 aromatic heterocycles. The van der Waals surface area contributed by atoms with E-state index in [1.54, 1.807) is 0 Å². The molecule has 1 N–H and O–H groups in total. The molecule has 0 aliphatic carbocycles. The Morgan fingerprint density at radius 1 is 0.367 bits per heavy atom. The van der Waals surface area contributed by atoms with E-state index >= 15 is 0 Å². The van der Waals surface area contributed by atoms with Gasteiger partial charge in [-0.3, -0.25) is 0 Å². The van der Waals surface area contributed by atoms with E-state index in [1.165, 1.54) is 77.1 Å². The van der Waals surface area contributed by atoms with E-state index < -0.39 is 0 Å². The van der Waals surface area contributed by atoms with Crippen LogP contribution in [0.25, 0.3) is 66.1 Å². The SMILES string of the molecule is Cc1ccc(-c2ccccc2)cc1N1c2cc3ccccc3cc2[B]c2c(-c3cc4ccccc4cc3Nc3ccc(-c4ccccc4)cc3)cc(-c3ccccc3)cc21. The van der Waals surface area contributed by atoms with Crippen molar-refractivity contribution in [3.63, 3.8) is 0 Å². The highest BCUT2D eigenvalue weighted by Gasteiger charge is 2.30. The summed E-state index contributed by atoms with van der Waals surface area (Å²) < 4.78 is 0. The highest BCUT2D eigenvalue weighted by molar-refractivity contribution is 6.73. The summed E-state index contributed by atoms with van der Waals surface area (Å²) in [7, 11) is 2.42. The van der Waals surface area contributed by atoms with Gasteiger partial charge in [0.15, 0.2) is 7.28 Å². The Balaban J connectivity index is 1.16. The van der Waals surface area contributed by atoms with Crippen LogP contribution in [0.4, 0.5) is 28.4 Å². The minimum absolute atomic E-state index is 1.04. The van der Waals surface area contributed by atoms with Crippen LogP contribution in [0.3, 0.4) is 0 Å². The first-order chi connectivity index (χ1) is 29.6. The fourth-order valence-electron chi connectivity index (χ4n) is 8.85. The fourth-order valence-corrected chi connectivity index (χ4v) is 8.85. The van der Waals surface area contributed by atoms with E-state index in [1.807, 2.05) is 0 Å². The summed E-state index contributed by atoms with van der Waals surface area (Å²) in [5, 5.41) is 8.72. The molecule has 0 amide bonds. The molecule has 0 bridgehead atoms. The molecule has 60 heavy (non-hydrogen) atoms. The van der Waals surface area contributed by atoms with E-state index in [0.717, 1.165) is 33.9 Å². The zero-order valence-corrected chi connectivity index (χ0v) is 33.3. The lowest BCUT2D eigenvalue weighted by atomic mass is 9.57. The number of aryl methyl sites for hydroxylation is 1. The van der Waals surface area contributed by atoms with Crippen LogP contribution in [-0.2, 0) is 0 Å². The number of hydrogen-bond acceptors (Lipinski definition) is 2. The average molecular weight is 764 g/mol. The van der Waals surface area contributed by atoms with Gasteiger partial charge in [0.1, 0.15) is 0 Å². The molecule has 1 aliphatic rings. The molecular formula is C57H40BN2. The fraction of sp³-hybridized carbons (Fsp3) is 0.0175. The first-order valence-electron chi connectivity index (χ1n) is 20.7. The standard InChI is InChI=1S/C57H40BN2/c1-38-25-26-47(40-17-7-3-8-18-40)35-54(38)60-55-36-46-24-14-12-22-44(46)33-52(55)58-57-51(32-48(37-56(57)60)41-19-9-4-10-20-41)50-31-43-21-11-13-23-45(43)34-53(50)59-49-29-27-42(28-30-49)39-15-5-2-6-16-39/h2-37,59H,1H3. The lowest BCUT2D eigenvalue weighted by Crippen LogP contribution is -2.41. The summed E-state index contributed by atoms with van der Waals surface area (Å²) in [5.41, 5.74) is 18.6. The molecule has 281 valence electrons. The van der Waals surface area contributed by atoms with Gasteiger partial charge in [0.25, 0.3) is 0 Å². The number of fused-ring (bicyclic) bond motifs is 4. The van der Waals surface area contributed by atoms with Gasteiger partial charge in [-0.2, -0.15) is 0 Å². The first-order valence-corrected chi connectivity index (χ1v) is 20.7. The molecule has 0 fully saturated rings. The second kappa shape index (κ2) is 15.0. The monoisotopic (exact) mass is 763 g/mol. The average Bonchev–Trinajstić information content (AvgIpc) is 3.31. The van der Waals surface area contributed by atoms with E-state index in [0.29, 0.717) is 0 Å². The van der Waals surface area contributed by atoms with Crippen molar-refractivity contribution in [2.75, 3.05) is 10.2 Å². The predicted octanol–water partition coefficient (Wildman–Crippen LogP) is 14.2. The van der Waals surface area contributed by atoms with Crippen LogP contribution in [-0.4, -0.2) is 7.28 Å². The molecular weight excluding hydrogens is 723 g/mol. The van der Waals surface area contributed by atoms with Crippen LogP contribution in [0, 0.1) is 6.92 Å². The Morgan fingerprint density at radius 3 is 1.52 bits per heavy atom. The van der Waals surface area contributed by atoms with E-state index in [2.05, 4.69) is 243 Å². The van der Waals surface area contributed by atoms with Crippen molar-refractivity contribution >= 4 is 68.2 Å². The lowest BCUT2D eigenvalue weighted by molar-refractivity contribution is 1.26. The van der Waals surface area contributed by atoms with Crippen molar-refractivity contribution in [2.45, 2.75) is 6.92 Å². The van der Waals surface area contributed by atoms with Gasteiger partial charge in [0, 0.05) is 34.0 Å². The van der Waals surface area contributed by atoms with Crippen molar-refractivity contribution in [1.82, 2.24) is 0 Å².